The van der Waals surface area contributed by atoms with Crippen molar-refractivity contribution in [2.24, 2.45) is 5.92 Å². The molecule has 1 aromatic heterocycles. The minimum Gasteiger partial charge on any atom is -0.323 e. The van der Waals surface area contributed by atoms with Crippen molar-refractivity contribution in [2.75, 3.05) is 25.0 Å². The second-order valence-electron chi connectivity index (χ2n) is 6.52. The molecule has 1 unspecified atom stereocenters. The first kappa shape index (κ1) is 17.0. The molecule has 124 valence electrons. The van der Waals surface area contributed by atoms with Crippen molar-refractivity contribution in [1.29, 1.82) is 0 Å². The van der Waals surface area contributed by atoms with Gasteiger partial charge >= 0.3 is 0 Å². The van der Waals surface area contributed by atoms with Crippen LogP contribution in [0, 0.1) is 19.8 Å². The van der Waals surface area contributed by atoms with Crippen molar-refractivity contribution in [3.8, 4) is 0 Å². The molecular formula is C17H30N4O. The Morgan fingerprint density at radius 2 is 1.95 bits per heavy atom. The summed E-state index contributed by atoms with van der Waals surface area (Å²) < 4.78 is 1.99. The second-order valence-corrected chi connectivity index (χ2v) is 6.52. The first-order chi connectivity index (χ1) is 10.5. The summed E-state index contributed by atoms with van der Waals surface area (Å²) in [6.07, 6.45) is 4.89. The standard InChI is InChI=1S/C17H30N4O/c1-5-9-21-15(4)16(14(3)19-21)18-17(22)13(2)12-20-10-7-6-8-11-20/h13H,5-12H2,1-4H3,(H,18,22). The summed E-state index contributed by atoms with van der Waals surface area (Å²) in [4.78, 5) is 14.9. The molecule has 0 bridgehead atoms. The number of likely N-dealkylation sites (tertiary alicyclic amines) is 1. The molecule has 0 radical (unpaired) electrons. The molecule has 2 rings (SSSR count). The van der Waals surface area contributed by atoms with Crippen LogP contribution in [0.4, 0.5) is 5.69 Å². The molecule has 22 heavy (non-hydrogen) atoms. The first-order valence-electron chi connectivity index (χ1n) is 8.60. The number of hydrogen-bond donors (Lipinski definition) is 1. The average molecular weight is 306 g/mol. The molecule has 1 aliphatic heterocycles. The quantitative estimate of drug-likeness (QED) is 0.879. The predicted octanol–water partition coefficient (Wildman–Crippen LogP) is 2.97. The highest BCUT2D eigenvalue weighted by Crippen LogP contribution is 2.21. The lowest BCUT2D eigenvalue weighted by Crippen LogP contribution is -2.37. The van der Waals surface area contributed by atoms with Crippen LogP contribution in [0.3, 0.4) is 0 Å². The zero-order valence-corrected chi connectivity index (χ0v) is 14.5. The van der Waals surface area contributed by atoms with Crippen molar-refractivity contribution in [3.63, 3.8) is 0 Å². The summed E-state index contributed by atoms with van der Waals surface area (Å²) in [5, 5.41) is 7.62. The van der Waals surface area contributed by atoms with Gasteiger partial charge in [-0.1, -0.05) is 20.3 Å². The fraction of sp³-hybridized carbons (Fsp3) is 0.765. The lowest BCUT2D eigenvalue weighted by molar-refractivity contribution is -0.120. The molecule has 0 aromatic carbocycles. The first-order valence-corrected chi connectivity index (χ1v) is 8.60. The molecule has 1 saturated heterocycles. The number of nitrogens with one attached hydrogen (secondary N) is 1. The number of piperidine rings is 1. The predicted molar refractivity (Wildman–Crippen MR) is 90.1 cm³/mol. The minimum absolute atomic E-state index is 0.00595. The SMILES string of the molecule is CCCn1nc(C)c(NC(=O)C(C)CN2CCCCC2)c1C. The fourth-order valence-electron chi connectivity index (χ4n) is 3.17. The summed E-state index contributed by atoms with van der Waals surface area (Å²) in [6.45, 7) is 12.2. The van der Waals surface area contributed by atoms with E-state index >= 15 is 0 Å². The van der Waals surface area contributed by atoms with Crippen LogP contribution >= 0.6 is 0 Å². The van der Waals surface area contributed by atoms with E-state index in [1.54, 1.807) is 0 Å². The van der Waals surface area contributed by atoms with Gasteiger partial charge in [-0.15, -0.1) is 0 Å². The smallest absolute Gasteiger partial charge is 0.228 e. The summed E-state index contributed by atoms with van der Waals surface area (Å²) in [7, 11) is 0. The Balaban J connectivity index is 1.95. The van der Waals surface area contributed by atoms with Crippen LogP contribution in [0.2, 0.25) is 0 Å². The van der Waals surface area contributed by atoms with Gasteiger partial charge in [-0.3, -0.25) is 9.48 Å². The lowest BCUT2D eigenvalue weighted by atomic mass is 10.1. The number of amides is 1. The Kier molecular flexibility index (Phi) is 6.00. The van der Waals surface area contributed by atoms with Crippen LogP contribution in [-0.4, -0.2) is 40.2 Å². The Morgan fingerprint density at radius 1 is 1.27 bits per heavy atom. The fourth-order valence-corrected chi connectivity index (χ4v) is 3.17. The van der Waals surface area contributed by atoms with E-state index in [1.807, 2.05) is 25.5 Å². The number of nitrogens with zero attached hydrogens (tertiary/aromatic N) is 3. The Bertz CT molecular complexity index is 503. The highest BCUT2D eigenvalue weighted by molar-refractivity contribution is 5.93. The minimum atomic E-state index is 0.00595. The molecule has 5 heteroatoms. The van der Waals surface area contributed by atoms with E-state index in [4.69, 9.17) is 0 Å². The lowest BCUT2D eigenvalue weighted by Gasteiger charge is -2.28. The number of anilines is 1. The largest absolute Gasteiger partial charge is 0.323 e. The highest BCUT2D eigenvalue weighted by atomic mass is 16.1. The summed E-state index contributed by atoms with van der Waals surface area (Å²) in [5.41, 5.74) is 2.85. The molecule has 1 atom stereocenters. The van der Waals surface area contributed by atoms with Gasteiger partial charge in [0.25, 0.3) is 0 Å². The third-order valence-corrected chi connectivity index (χ3v) is 4.49. The van der Waals surface area contributed by atoms with Crippen molar-refractivity contribution < 1.29 is 4.79 Å². The van der Waals surface area contributed by atoms with E-state index in [2.05, 4.69) is 22.2 Å². The topological polar surface area (TPSA) is 50.2 Å². The van der Waals surface area contributed by atoms with Gasteiger partial charge in [-0.2, -0.15) is 5.10 Å². The maximum absolute atomic E-state index is 12.5. The number of carbonyl (C=O) groups is 1. The normalized spacial score (nSPS) is 17.5. The van der Waals surface area contributed by atoms with E-state index in [1.165, 1.54) is 19.3 Å². The molecule has 5 nitrogen and oxygen atoms in total. The zero-order chi connectivity index (χ0) is 16.1. The van der Waals surface area contributed by atoms with Crippen LogP contribution in [0.5, 0.6) is 0 Å². The Morgan fingerprint density at radius 3 is 2.59 bits per heavy atom. The molecule has 1 fully saturated rings. The summed E-state index contributed by atoms with van der Waals surface area (Å²) in [6, 6.07) is 0. The highest BCUT2D eigenvalue weighted by Gasteiger charge is 2.21. The van der Waals surface area contributed by atoms with Gasteiger partial charge in [0, 0.05) is 19.0 Å². The van der Waals surface area contributed by atoms with Gasteiger partial charge < -0.3 is 10.2 Å². The zero-order valence-electron chi connectivity index (χ0n) is 14.5. The Hall–Kier alpha value is -1.36. The van der Waals surface area contributed by atoms with Crippen LogP contribution in [0.25, 0.3) is 0 Å². The van der Waals surface area contributed by atoms with Crippen LogP contribution in [-0.2, 0) is 11.3 Å². The number of hydrogen-bond acceptors (Lipinski definition) is 3. The Labute approximate surface area is 134 Å². The number of rotatable bonds is 6. The van der Waals surface area contributed by atoms with Crippen molar-refractivity contribution >= 4 is 11.6 Å². The van der Waals surface area contributed by atoms with E-state index in [0.29, 0.717) is 0 Å². The van der Waals surface area contributed by atoms with E-state index in [9.17, 15) is 4.79 Å². The van der Waals surface area contributed by atoms with Gasteiger partial charge in [0.15, 0.2) is 0 Å². The average Bonchev–Trinajstić information content (AvgIpc) is 2.76. The van der Waals surface area contributed by atoms with Crippen molar-refractivity contribution in [2.45, 2.75) is 59.9 Å². The third-order valence-electron chi connectivity index (χ3n) is 4.49. The van der Waals surface area contributed by atoms with Gasteiger partial charge in [0.05, 0.1) is 17.1 Å². The van der Waals surface area contributed by atoms with E-state index < -0.39 is 0 Å². The molecule has 1 aromatic rings. The van der Waals surface area contributed by atoms with Gasteiger partial charge in [0.2, 0.25) is 5.91 Å². The van der Waals surface area contributed by atoms with Crippen LogP contribution < -0.4 is 5.32 Å². The van der Waals surface area contributed by atoms with Crippen LogP contribution in [0.15, 0.2) is 0 Å². The number of aryl methyl sites for hydroxylation is 2. The van der Waals surface area contributed by atoms with Gasteiger partial charge in [-0.05, 0) is 46.2 Å². The monoisotopic (exact) mass is 306 g/mol. The summed E-state index contributed by atoms with van der Waals surface area (Å²) in [5.74, 6) is 0.110. The molecule has 0 spiro atoms. The maximum atomic E-state index is 12.5. The number of carbonyl (C=O) groups excluding carboxylic acids is 1. The van der Waals surface area contributed by atoms with E-state index in [0.717, 1.165) is 49.7 Å². The molecule has 0 saturated carbocycles. The molecule has 1 aliphatic rings. The molecule has 1 N–H and O–H groups in total. The van der Waals surface area contributed by atoms with Crippen LogP contribution in [0.1, 0.15) is 50.9 Å². The molecular weight excluding hydrogens is 276 g/mol. The van der Waals surface area contributed by atoms with Crippen molar-refractivity contribution in [3.05, 3.63) is 11.4 Å². The number of aromatic nitrogens is 2. The summed E-state index contributed by atoms with van der Waals surface area (Å²) >= 11 is 0. The second kappa shape index (κ2) is 7.77. The third kappa shape index (κ3) is 4.09. The molecule has 0 aliphatic carbocycles. The van der Waals surface area contributed by atoms with E-state index in [-0.39, 0.29) is 11.8 Å². The van der Waals surface area contributed by atoms with Crippen molar-refractivity contribution in [1.82, 2.24) is 14.7 Å². The molecule has 2 heterocycles. The molecule has 1 amide bonds. The van der Waals surface area contributed by atoms with Gasteiger partial charge in [0.1, 0.15) is 0 Å². The van der Waals surface area contributed by atoms with Gasteiger partial charge in [-0.25, -0.2) is 0 Å². The maximum Gasteiger partial charge on any atom is 0.228 e.